The minimum absolute atomic E-state index is 0.0168. The van der Waals surface area contributed by atoms with Gasteiger partial charge in [0.25, 0.3) is 0 Å². The van der Waals surface area contributed by atoms with E-state index < -0.39 is 0 Å². The number of hydrogen-bond donors (Lipinski definition) is 2. The first-order valence-corrected chi connectivity index (χ1v) is 3.16. The number of rotatable bonds is 4. The van der Waals surface area contributed by atoms with Gasteiger partial charge in [-0.15, -0.1) is 0 Å². The average Bonchev–Trinajstić information content (AvgIpc) is 1.87. The molecule has 0 bridgehead atoms. The molecule has 0 aliphatic rings. The summed E-state index contributed by atoms with van der Waals surface area (Å²) in [5.41, 5.74) is 0.698. The summed E-state index contributed by atoms with van der Waals surface area (Å²) < 4.78 is 0. The zero-order valence-corrected chi connectivity index (χ0v) is 5.80. The Morgan fingerprint density at radius 3 is 2.56 bits per heavy atom. The second-order valence-electron chi connectivity index (χ2n) is 2.17. The van der Waals surface area contributed by atoms with Crippen molar-refractivity contribution in [2.75, 3.05) is 6.61 Å². The Balaban J connectivity index is 3.34. The van der Waals surface area contributed by atoms with Gasteiger partial charge < -0.3 is 10.2 Å². The molecule has 0 saturated heterocycles. The Labute approximate surface area is 55.8 Å². The lowest BCUT2D eigenvalue weighted by Crippen LogP contribution is -2.06. The van der Waals surface area contributed by atoms with E-state index in [1.807, 2.05) is 6.92 Å². The predicted octanol–water partition coefficient (Wildman–Crippen LogP) is 0.696. The number of hydrogen-bond acceptors (Lipinski definition) is 2. The summed E-state index contributed by atoms with van der Waals surface area (Å²) in [6, 6.07) is 0. The highest BCUT2D eigenvalue weighted by Gasteiger charge is 2.01. The van der Waals surface area contributed by atoms with Crippen LogP contribution in [0.1, 0.15) is 19.8 Å². The van der Waals surface area contributed by atoms with Gasteiger partial charge in [-0.2, -0.15) is 0 Å². The lowest BCUT2D eigenvalue weighted by atomic mass is 10.1. The van der Waals surface area contributed by atoms with E-state index in [1.54, 1.807) is 0 Å². The lowest BCUT2D eigenvalue weighted by Gasteiger charge is -2.06. The van der Waals surface area contributed by atoms with E-state index >= 15 is 0 Å². The van der Waals surface area contributed by atoms with E-state index in [0.29, 0.717) is 12.0 Å². The normalized spacial score (nSPS) is 13.2. The molecule has 0 heterocycles. The molecular weight excluding hydrogens is 116 g/mol. The molecule has 0 aromatic carbocycles. The van der Waals surface area contributed by atoms with Crippen molar-refractivity contribution in [2.24, 2.45) is 0 Å². The molecule has 1 atom stereocenters. The average molecular weight is 130 g/mol. The second-order valence-corrected chi connectivity index (χ2v) is 2.17. The van der Waals surface area contributed by atoms with Crippen LogP contribution in [0.25, 0.3) is 0 Å². The van der Waals surface area contributed by atoms with Gasteiger partial charge in [0.05, 0.1) is 12.7 Å². The van der Waals surface area contributed by atoms with E-state index in [9.17, 15) is 0 Å². The Bertz CT molecular complexity index is 88.9. The van der Waals surface area contributed by atoms with Crippen molar-refractivity contribution in [3.05, 3.63) is 12.2 Å². The van der Waals surface area contributed by atoms with Gasteiger partial charge in [-0.25, -0.2) is 0 Å². The molecule has 0 rings (SSSR count). The molecule has 0 fully saturated rings. The topological polar surface area (TPSA) is 40.5 Å². The molecule has 2 nitrogen and oxygen atoms in total. The molecular formula is C7H14O2. The van der Waals surface area contributed by atoms with E-state index in [2.05, 4.69) is 6.58 Å². The van der Waals surface area contributed by atoms with E-state index in [-0.39, 0.29) is 12.7 Å². The molecule has 0 saturated carbocycles. The summed E-state index contributed by atoms with van der Waals surface area (Å²) in [6.45, 7) is 5.43. The molecule has 2 heteroatoms. The van der Waals surface area contributed by atoms with Gasteiger partial charge in [-0.3, -0.25) is 0 Å². The van der Waals surface area contributed by atoms with Crippen molar-refractivity contribution >= 4 is 0 Å². The van der Waals surface area contributed by atoms with Crippen LogP contribution in [-0.4, -0.2) is 22.9 Å². The van der Waals surface area contributed by atoms with Gasteiger partial charge in [0.2, 0.25) is 0 Å². The molecule has 0 spiro atoms. The molecule has 54 valence electrons. The van der Waals surface area contributed by atoms with Crippen molar-refractivity contribution in [1.29, 1.82) is 0 Å². The van der Waals surface area contributed by atoms with Gasteiger partial charge in [-0.1, -0.05) is 13.5 Å². The summed E-state index contributed by atoms with van der Waals surface area (Å²) in [4.78, 5) is 0. The molecule has 0 aliphatic heterocycles. The summed E-state index contributed by atoms with van der Waals surface area (Å²) in [7, 11) is 0. The first kappa shape index (κ1) is 8.66. The van der Waals surface area contributed by atoms with Gasteiger partial charge in [-0.05, 0) is 18.4 Å². The Kier molecular flexibility index (Phi) is 4.36. The van der Waals surface area contributed by atoms with E-state index in [0.717, 1.165) is 6.42 Å². The minimum Gasteiger partial charge on any atom is -0.393 e. The van der Waals surface area contributed by atoms with Crippen LogP contribution >= 0.6 is 0 Å². The maximum atomic E-state index is 8.99. The second kappa shape index (κ2) is 4.53. The molecule has 0 aliphatic carbocycles. The van der Waals surface area contributed by atoms with Crippen LogP contribution in [0.4, 0.5) is 0 Å². The molecule has 0 radical (unpaired) electrons. The first-order valence-electron chi connectivity index (χ1n) is 3.16. The maximum Gasteiger partial charge on any atom is 0.0640 e. The summed E-state index contributed by atoms with van der Waals surface area (Å²) in [6.07, 6.45) is 0.913. The third-order valence-electron chi connectivity index (χ3n) is 1.22. The van der Waals surface area contributed by atoms with Gasteiger partial charge >= 0.3 is 0 Å². The molecule has 9 heavy (non-hydrogen) atoms. The number of aliphatic hydroxyl groups is 2. The third-order valence-corrected chi connectivity index (χ3v) is 1.22. The van der Waals surface area contributed by atoms with Gasteiger partial charge in [0.15, 0.2) is 0 Å². The molecule has 1 unspecified atom stereocenters. The third kappa shape index (κ3) is 4.18. The van der Waals surface area contributed by atoms with E-state index in [1.165, 1.54) is 0 Å². The largest absolute Gasteiger partial charge is 0.393 e. The minimum atomic E-state index is -0.329. The zero-order chi connectivity index (χ0) is 7.28. The van der Waals surface area contributed by atoms with Gasteiger partial charge in [0.1, 0.15) is 0 Å². The Hall–Kier alpha value is -0.340. The SMILES string of the molecule is C=C(CO)CC(O)CC. The van der Waals surface area contributed by atoms with Crippen LogP contribution in [0.3, 0.4) is 0 Å². The quantitative estimate of drug-likeness (QED) is 0.550. The van der Waals surface area contributed by atoms with Crippen molar-refractivity contribution < 1.29 is 10.2 Å². The predicted molar refractivity (Wildman–Crippen MR) is 37.1 cm³/mol. The first-order chi connectivity index (χ1) is 4.20. The van der Waals surface area contributed by atoms with Crippen molar-refractivity contribution in [3.63, 3.8) is 0 Å². The fourth-order valence-corrected chi connectivity index (χ4v) is 0.542. The fraction of sp³-hybridized carbons (Fsp3) is 0.714. The highest BCUT2D eigenvalue weighted by Crippen LogP contribution is 2.03. The van der Waals surface area contributed by atoms with Crippen LogP contribution < -0.4 is 0 Å². The maximum absolute atomic E-state index is 8.99. The van der Waals surface area contributed by atoms with Crippen LogP contribution in [0.15, 0.2) is 12.2 Å². The summed E-state index contributed by atoms with van der Waals surface area (Å²) >= 11 is 0. The lowest BCUT2D eigenvalue weighted by molar-refractivity contribution is 0.165. The fourth-order valence-electron chi connectivity index (χ4n) is 0.542. The summed E-state index contributed by atoms with van der Waals surface area (Å²) in [5.74, 6) is 0. The van der Waals surface area contributed by atoms with Crippen molar-refractivity contribution in [2.45, 2.75) is 25.9 Å². The highest BCUT2D eigenvalue weighted by atomic mass is 16.3. The molecule has 0 aromatic heterocycles. The standard InChI is InChI=1S/C7H14O2/c1-3-7(9)4-6(2)5-8/h7-9H,2-5H2,1H3. The number of aliphatic hydroxyl groups excluding tert-OH is 2. The monoisotopic (exact) mass is 130 g/mol. The van der Waals surface area contributed by atoms with Crippen molar-refractivity contribution in [1.82, 2.24) is 0 Å². The Morgan fingerprint density at radius 2 is 2.22 bits per heavy atom. The highest BCUT2D eigenvalue weighted by molar-refractivity contribution is 4.95. The molecule has 0 aromatic rings. The van der Waals surface area contributed by atoms with Gasteiger partial charge in [0, 0.05) is 0 Å². The van der Waals surface area contributed by atoms with Crippen LogP contribution in [0.5, 0.6) is 0 Å². The van der Waals surface area contributed by atoms with Crippen LogP contribution in [0, 0.1) is 0 Å². The summed E-state index contributed by atoms with van der Waals surface area (Å²) in [5, 5.41) is 17.5. The molecule has 0 amide bonds. The van der Waals surface area contributed by atoms with Crippen LogP contribution in [0.2, 0.25) is 0 Å². The molecule has 2 N–H and O–H groups in total. The van der Waals surface area contributed by atoms with Crippen molar-refractivity contribution in [3.8, 4) is 0 Å². The smallest absolute Gasteiger partial charge is 0.0640 e. The Morgan fingerprint density at radius 1 is 1.67 bits per heavy atom. The zero-order valence-electron chi connectivity index (χ0n) is 5.80. The van der Waals surface area contributed by atoms with E-state index in [4.69, 9.17) is 10.2 Å². The van der Waals surface area contributed by atoms with Crippen LogP contribution in [-0.2, 0) is 0 Å².